The Morgan fingerprint density at radius 1 is 1.25 bits per heavy atom. The topological polar surface area (TPSA) is 15.3 Å². The van der Waals surface area contributed by atoms with Gasteiger partial charge in [-0.05, 0) is 33.1 Å². The molecule has 1 saturated carbocycles. The van der Waals surface area contributed by atoms with Crippen molar-refractivity contribution < 1.29 is 0 Å². The molecule has 1 N–H and O–H groups in total. The third-order valence-corrected chi connectivity index (χ3v) is 4.71. The van der Waals surface area contributed by atoms with E-state index in [1.165, 1.54) is 51.6 Å². The molecule has 1 aliphatic carbocycles. The second-order valence-electron chi connectivity index (χ2n) is 6.08. The zero-order chi connectivity index (χ0) is 11.6. The highest BCUT2D eigenvalue weighted by Crippen LogP contribution is 2.35. The molecule has 16 heavy (non-hydrogen) atoms. The maximum atomic E-state index is 3.63. The van der Waals surface area contributed by atoms with Gasteiger partial charge in [0.05, 0.1) is 0 Å². The Morgan fingerprint density at radius 3 is 2.56 bits per heavy atom. The smallest absolute Gasteiger partial charge is 0.0224 e. The van der Waals surface area contributed by atoms with E-state index in [0.29, 0.717) is 11.6 Å². The standard InChI is InChI=1S/C14H28N2/c1-4-13-10-15-12(2)11-16(13)14(3)8-6-5-7-9-14/h12-13,15H,4-11H2,1-3H3. The fourth-order valence-corrected chi connectivity index (χ4v) is 3.58. The number of hydrogen-bond acceptors (Lipinski definition) is 2. The van der Waals surface area contributed by atoms with Crippen molar-refractivity contribution >= 4 is 0 Å². The molecule has 1 aliphatic heterocycles. The van der Waals surface area contributed by atoms with Gasteiger partial charge < -0.3 is 5.32 Å². The molecule has 0 bridgehead atoms. The number of nitrogens with zero attached hydrogens (tertiary/aromatic N) is 1. The molecule has 2 aliphatic rings. The van der Waals surface area contributed by atoms with Crippen molar-refractivity contribution in [1.82, 2.24) is 10.2 Å². The van der Waals surface area contributed by atoms with Gasteiger partial charge in [-0.15, -0.1) is 0 Å². The van der Waals surface area contributed by atoms with Crippen LogP contribution in [0, 0.1) is 0 Å². The number of rotatable bonds is 2. The van der Waals surface area contributed by atoms with Gasteiger partial charge in [0, 0.05) is 30.7 Å². The van der Waals surface area contributed by atoms with Gasteiger partial charge >= 0.3 is 0 Å². The summed E-state index contributed by atoms with van der Waals surface area (Å²) in [5.41, 5.74) is 0.495. The third kappa shape index (κ3) is 2.43. The largest absolute Gasteiger partial charge is 0.311 e. The van der Waals surface area contributed by atoms with Crippen molar-refractivity contribution in [3.8, 4) is 0 Å². The van der Waals surface area contributed by atoms with Crippen LogP contribution in [-0.2, 0) is 0 Å². The molecule has 2 unspecified atom stereocenters. The van der Waals surface area contributed by atoms with Crippen molar-refractivity contribution in [2.75, 3.05) is 13.1 Å². The lowest BCUT2D eigenvalue weighted by Crippen LogP contribution is -2.63. The van der Waals surface area contributed by atoms with Crippen molar-refractivity contribution in [2.45, 2.75) is 76.9 Å². The van der Waals surface area contributed by atoms with Crippen LogP contribution in [0.15, 0.2) is 0 Å². The summed E-state index contributed by atoms with van der Waals surface area (Å²) in [4.78, 5) is 2.83. The Bertz CT molecular complexity index is 221. The van der Waals surface area contributed by atoms with E-state index >= 15 is 0 Å². The minimum Gasteiger partial charge on any atom is -0.311 e. The Morgan fingerprint density at radius 2 is 1.94 bits per heavy atom. The third-order valence-electron chi connectivity index (χ3n) is 4.71. The molecule has 94 valence electrons. The second-order valence-corrected chi connectivity index (χ2v) is 6.08. The molecular weight excluding hydrogens is 196 g/mol. The molecular formula is C14H28N2. The molecule has 2 rings (SSSR count). The summed E-state index contributed by atoms with van der Waals surface area (Å²) in [6.07, 6.45) is 8.44. The monoisotopic (exact) mass is 224 g/mol. The summed E-state index contributed by atoms with van der Waals surface area (Å²) in [6.45, 7) is 9.60. The second kappa shape index (κ2) is 5.05. The van der Waals surface area contributed by atoms with E-state index in [9.17, 15) is 0 Å². The fourth-order valence-electron chi connectivity index (χ4n) is 3.58. The highest BCUT2D eigenvalue weighted by atomic mass is 15.3. The van der Waals surface area contributed by atoms with E-state index in [-0.39, 0.29) is 0 Å². The van der Waals surface area contributed by atoms with Gasteiger partial charge in [0.25, 0.3) is 0 Å². The molecule has 0 amide bonds. The van der Waals surface area contributed by atoms with Crippen molar-refractivity contribution in [3.63, 3.8) is 0 Å². The van der Waals surface area contributed by atoms with Crippen LogP contribution in [0.2, 0.25) is 0 Å². The summed E-state index contributed by atoms with van der Waals surface area (Å²) in [7, 11) is 0. The molecule has 2 fully saturated rings. The minimum atomic E-state index is 0.495. The molecule has 0 radical (unpaired) electrons. The minimum absolute atomic E-state index is 0.495. The van der Waals surface area contributed by atoms with Crippen LogP contribution >= 0.6 is 0 Å². The maximum Gasteiger partial charge on any atom is 0.0224 e. The Labute approximate surface area is 101 Å². The Hall–Kier alpha value is -0.0800. The Kier molecular flexibility index (Phi) is 3.91. The summed E-state index contributed by atoms with van der Waals surface area (Å²) < 4.78 is 0. The van der Waals surface area contributed by atoms with Gasteiger partial charge in [-0.1, -0.05) is 26.2 Å². The zero-order valence-electron chi connectivity index (χ0n) is 11.3. The summed E-state index contributed by atoms with van der Waals surface area (Å²) >= 11 is 0. The zero-order valence-corrected chi connectivity index (χ0v) is 11.3. The molecule has 1 heterocycles. The molecule has 0 aromatic carbocycles. The van der Waals surface area contributed by atoms with Gasteiger partial charge in [0.2, 0.25) is 0 Å². The van der Waals surface area contributed by atoms with Crippen LogP contribution in [0.25, 0.3) is 0 Å². The van der Waals surface area contributed by atoms with Crippen LogP contribution in [0.4, 0.5) is 0 Å². The van der Waals surface area contributed by atoms with E-state index in [1.807, 2.05) is 0 Å². The quantitative estimate of drug-likeness (QED) is 0.776. The normalized spacial score (nSPS) is 36.2. The fraction of sp³-hybridized carbons (Fsp3) is 1.00. The highest BCUT2D eigenvalue weighted by molar-refractivity contribution is 4.96. The van der Waals surface area contributed by atoms with Gasteiger partial charge in [0.1, 0.15) is 0 Å². The van der Waals surface area contributed by atoms with Crippen LogP contribution < -0.4 is 5.32 Å². The van der Waals surface area contributed by atoms with Crippen LogP contribution in [0.1, 0.15) is 59.3 Å². The molecule has 2 heteroatoms. The number of piperazine rings is 1. The SMILES string of the molecule is CCC1CNC(C)CN1C1(C)CCCCC1. The molecule has 2 nitrogen and oxygen atoms in total. The predicted octanol–water partition coefficient (Wildman–Crippen LogP) is 2.78. The number of nitrogens with one attached hydrogen (secondary N) is 1. The number of hydrogen-bond donors (Lipinski definition) is 1. The average Bonchev–Trinajstić information content (AvgIpc) is 2.30. The maximum absolute atomic E-state index is 3.63. The van der Waals surface area contributed by atoms with Crippen LogP contribution in [0.3, 0.4) is 0 Å². The summed E-state index contributed by atoms with van der Waals surface area (Å²) in [6, 6.07) is 1.43. The van der Waals surface area contributed by atoms with E-state index in [0.717, 1.165) is 6.04 Å². The lowest BCUT2D eigenvalue weighted by molar-refractivity contribution is -0.00215. The molecule has 1 saturated heterocycles. The van der Waals surface area contributed by atoms with E-state index in [4.69, 9.17) is 0 Å². The Balaban J connectivity index is 2.08. The average molecular weight is 224 g/mol. The molecule has 2 atom stereocenters. The van der Waals surface area contributed by atoms with Crippen LogP contribution in [-0.4, -0.2) is 35.6 Å². The summed E-state index contributed by atoms with van der Waals surface area (Å²) in [5, 5.41) is 3.63. The van der Waals surface area contributed by atoms with Crippen molar-refractivity contribution in [3.05, 3.63) is 0 Å². The van der Waals surface area contributed by atoms with Crippen molar-refractivity contribution in [2.24, 2.45) is 0 Å². The van der Waals surface area contributed by atoms with Gasteiger partial charge in [-0.2, -0.15) is 0 Å². The lowest BCUT2D eigenvalue weighted by atomic mass is 9.80. The summed E-state index contributed by atoms with van der Waals surface area (Å²) in [5.74, 6) is 0. The van der Waals surface area contributed by atoms with Crippen molar-refractivity contribution in [1.29, 1.82) is 0 Å². The first-order valence-corrected chi connectivity index (χ1v) is 7.16. The van der Waals surface area contributed by atoms with Gasteiger partial charge in [-0.25, -0.2) is 0 Å². The van der Waals surface area contributed by atoms with E-state index < -0.39 is 0 Å². The van der Waals surface area contributed by atoms with Crippen LogP contribution in [0.5, 0.6) is 0 Å². The van der Waals surface area contributed by atoms with E-state index in [2.05, 4.69) is 31.0 Å². The first kappa shape index (κ1) is 12.4. The van der Waals surface area contributed by atoms with Gasteiger partial charge in [-0.3, -0.25) is 4.90 Å². The molecule has 0 aromatic heterocycles. The highest BCUT2D eigenvalue weighted by Gasteiger charge is 2.39. The lowest BCUT2D eigenvalue weighted by Gasteiger charge is -2.51. The first-order chi connectivity index (χ1) is 7.65. The van der Waals surface area contributed by atoms with Gasteiger partial charge in [0.15, 0.2) is 0 Å². The first-order valence-electron chi connectivity index (χ1n) is 7.16. The van der Waals surface area contributed by atoms with E-state index in [1.54, 1.807) is 0 Å². The molecule has 0 spiro atoms. The predicted molar refractivity (Wildman–Crippen MR) is 69.7 cm³/mol. The molecule has 0 aromatic rings.